The molecular formula is C25H29N5OS. The molecule has 0 unspecified atom stereocenters. The number of nitriles is 1. The first-order chi connectivity index (χ1) is 15.3. The van der Waals surface area contributed by atoms with Gasteiger partial charge in [0.15, 0.2) is 0 Å². The predicted molar refractivity (Wildman–Crippen MR) is 132 cm³/mol. The van der Waals surface area contributed by atoms with E-state index in [0.29, 0.717) is 37.8 Å². The van der Waals surface area contributed by atoms with E-state index in [4.69, 9.17) is 11.5 Å². The van der Waals surface area contributed by atoms with Crippen molar-refractivity contribution in [2.75, 3.05) is 18.5 Å². The number of fused-ring (bicyclic) bond motifs is 1. The van der Waals surface area contributed by atoms with Crippen LogP contribution >= 0.6 is 11.3 Å². The Labute approximate surface area is 192 Å². The predicted octanol–water partition coefficient (Wildman–Crippen LogP) is 5.53. The molecule has 6 nitrogen and oxygen atoms in total. The highest BCUT2D eigenvalue weighted by Crippen LogP contribution is 2.43. The van der Waals surface area contributed by atoms with Gasteiger partial charge in [0.1, 0.15) is 27.2 Å². The lowest BCUT2D eigenvalue weighted by molar-refractivity contribution is 0.0702. The van der Waals surface area contributed by atoms with E-state index >= 15 is 0 Å². The van der Waals surface area contributed by atoms with Gasteiger partial charge < -0.3 is 16.4 Å². The summed E-state index contributed by atoms with van der Waals surface area (Å²) in [6.45, 7) is 4.27. The number of aromatic nitrogens is 1. The van der Waals surface area contributed by atoms with Crippen molar-refractivity contribution < 1.29 is 4.79 Å². The van der Waals surface area contributed by atoms with E-state index in [1.165, 1.54) is 23.3 Å². The standard InChI is InChI=1S/C25H29N5OS/c1-14(2)15-9-11-16(12-10-15)19-18(13-26)23(28)29-24-20(19)21(27)22(32-24)25(31)30(3)17-7-5-4-6-8-17/h9-12,14,17H,4-8,27H2,1-3H3,(H2,28,29). The van der Waals surface area contributed by atoms with Crippen LogP contribution in [-0.4, -0.2) is 28.9 Å². The Kier molecular flexibility index (Phi) is 6.07. The molecule has 0 saturated heterocycles. The van der Waals surface area contributed by atoms with Gasteiger partial charge in [0, 0.05) is 24.0 Å². The summed E-state index contributed by atoms with van der Waals surface area (Å²) in [6, 6.07) is 10.5. The van der Waals surface area contributed by atoms with Crippen LogP contribution in [0.5, 0.6) is 0 Å². The molecule has 2 heterocycles. The van der Waals surface area contributed by atoms with Crippen LogP contribution in [0.15, 0.2) is 24.3 Å². The van der Waals surface area contributed by atoms with E-state index < -0.39 is 0 Å². The smallest absolute Gasteiger partial charge is 0.266 e. The Morgan fingerprint density at radius 3 is 2.44 bits per heavy atom. The molecule has 32 heavy (non-hydrogen) atoms. The van der Waals surface area contributed by atoms with E-state index in [9.17, 15) is 10.1 Å². The van der Waals surface area contributed by atoms with Crippen LogP contribution in [0, 0.1) is 11.3 Å². The van der Waals surface area contributed by atoms with E-state index in [0.717, 1.165) is 31.2 Å². The number of amides is 1. The lowest BCUT2D eigenvalue weighted by Gasteiger charge is -2.31. The van der Waals surface area contributed by atoms with E-state index in [-0.39, 0.29) is 17.8 Å². The molecule has 4 rings (SSSR count). The van der Waals surface area contributed by atoms with Crippen molar-refractivity contribution in [3.05, 3.63) is 40.3 Å². The summed E-state index contributed by atoms with van der Waals surface area (Å²) in [5, 5.41) is 10.5. The molecule has 1 aliphatic rings. The highest BCUT2D eigenvalue weighted by molar-refractivity contribution is 7.21. The summed E-state index contributed by atoms with van der Waals surface area (Å²) >= 11 is 1.26. The van der Waals surface area contributed by atoms with Crippen molar-refractivity contribution in [2.45, 2.75) is 57.9 Å². The number of hydrogen-bond acceptors (Lipinski definition) is 6. The first-order valence-corrected chi connectivity index (χ1v) is 11.9. The third-order valence-corrected chi connectivity index (χ3v) is 7.61. The number of anilines is 2. The fourth-order valence-corrected chi connectivity index (χ4v) is 5.65. The summed E-state index contributed by atoms with van der Waals surface area (Å²) < 4.78 is 0. The molecule has 0 bridgehead atoms. The Balaban J connectivity index is 1.86. The minimum Gasteiger partial charge on any atom is -0.397 e. The maximum absolute atomic E-state index is 13.4. The molecule has 1 aromatic carbocycles. The van der Waals surface area contributed by atoms with Crippen molar-refractivity contribution in [3.63, 3.8) is 0 Å². The number of carbonyl (C=O) groups excluding carboxylic acids is 1. The molecule has 1 saturated carbocycles. The number of rotatable bonds is 4. The maximum Gasteiger partial charge on any atom is 0.266 e. The molecule has 0 radical (unpaired) electrons. The van der Waals surface area contributed by atoms with Gasteiger partial charge in [-0.3, -0.25) is 4.79 Å². The quantitative estimate of drug-likeness (QED) is 0.547. The van der Waals surface area contributed by atoms with Crippen molar-refractivity contribution >= 4 is 39.0 Å². The molecule has 4 N–H and O–H groups in total. The second kappa shape index (κ2) is 8.79. The molecule has 2 aromatic heterocycles. The number of pyridine rings is 1. The van der Waals surface area contributed by atoms with Gasteiger partial charge in [0.2, 0.25) is 0 Å². The second-order valence-electron chi connectivity index (χ2n) is 8.87. The van der Waals surface area contributed by atoms with Crippen molar-refractivity contribution in [3.8, 4) is 17.2 Å². The molecule has 166 valence electrons. The van der Waals surface area contributed by atoms with Gasteiger partial charge in [-0.15, -0.1) is 11.3 Å². The number of thiophene rings is 1. The van der Waals surface area contributed by atoms with Crippen molar-refractivity contribution in [2.24, 2.45) is 0 Å². The monoisotopic (exact) mass is 447 g/mol. The molecule has 0 aliphatic heterocycles. The summed E-state index contributed by atoms with van der Waals surface area (Å²) in [7, 11) is 1.86. The largest absolute Gasteiger partial charge is 0.397 e. The van der Waals surface area contributed by atoms with Crippen LogP contribution in [0.4, 0.5) is 11.5 Å². The molecular weight excluding hydrogens is 418 g/mol. The zero-order valence-electron chi connectivity index (χ0n) is 18.8. The number of nitrogens with zero attached hydrogens (tertiary/aromatic N) is 3. The van der Waals surface area contributed by atoms with Gasteiger partial charge in [-0.2, -0.15) is 5.26 Å². The third-order valence-electron chi connectivity index (χ3n) is 6.52. The minimum atomic E-state index is -0.0874. The topological polar surface area (TPSA) is 109 Å². The SMILES string of the molecule is CC(C)c1ccc(-c2c(C#N)c(N)nc3sc(C(=O)N(C)C4CCCCC4)c(N)c23)cc1. The molecule has 3 aromatic rings. The first-order valence-electron chi connectivity index (χ1n) is 11.1. The van der Waals surface area contributed by atoms with Crippen molar-refractivity contribution in [1.29, 1.82) is 5.26 Å². The van der Waals surface area contributed by atoms with E-state index in [2.05, 4.69) is 37.0 Å². The number of benzene rings is 1. The van der Waals surface area contributed by atoms with Gasteiger partial charge >= 0.3 is 0 Å². The molecule has 1 aliphatic carbocycles. The molecule has 0 spiro atoms. The summed E-state index contributed by atoms with van der Waals surface area (Å²) in [5.41, 5.74) is 16.1. The molecule has 1 fully saturated rings. The summed E-state index contributed by atoms with van der Waals surface area (Å²) in [4.78, 5) is 20.7. The normalized spacial score (nSPS) is 14.6. The Morgan fingerprint density at radius 1 is 1.19 bits per heavy atom. The fourth-order valence-electron chi connectivity index (χ4n) is 4.56. The third kappa shape index (κ3) is 3.80. The van der Waals surface area contributed by atoms with E-state index in [1.807, 2.05) is 24.1 Å². The van der Waals surface area contributed by atoms with Crippen LogP contribution in [0.1, 0.15) is 72.7 Å². The lowest BCUT2D eigenvalue weighted by Crippen LogP contribution is -2.38. The van der Waals surface area contributed by atoms with Gasteiger partial charge in [-0.05, 0) is 29.9 Å². The van der Waals surface area contributed by atoms with Crippen LogP contribution in [0.25, 0.3) is 21.3 Å². The van der Waals surface area contributed by atoms with Gasteiger partial charge in [-0.1, -0.05) is 57.4 Å². The maximum atomic E-state index is 13.4. The summed E-state index contributed by atoms with van der Waals surface area (Å²) in [6.07, 6.45) is 5.55. The van der Waals surface area contributed by atoms with Crippen LogP contribution in [0.3, 0.4) is 0 Å². The van der Waals surface area contributed by atoms with Gasteiger partial charge in [0.05, 0.1) is 5.69 Å². The fraction of sp³-hybridized carbons (Fsp3) is 0.400. The zero-order chi connectivity index (χ0) is 23.0. The van der Waals surface area contributed by atoms with Crippen LogP contribution in [0.2, 0.25) is 0 Å². The molecule has 1 amide bonds. The minimum absolute atomic E-state index is 0.0874. The average molecular weight is 448 g/mol. The number of hydrogen-bond donors (Lipinski definition) is 2. The Morgan fingerprint density at radius 2 is 1.84 bits per heavy atom. The first kappa shape index (κ1) is 22.1. The number of carbonyl (C=O) groups is 1. The number of nitrogens with two attached hydrogens (primary N) is 2. The van der Waals surface area contributed by atoms with Gasteiger partial charge in [0.25, 0.3) is 5.91 Å². The van der Waals surface area contributed by atoms with Crippen LogP contribution < -0.4 is 11.5 Å². The number of nitrogen functional groups attached to an aromatic ring is 2. The highest BCUT2D eigenvalue weighted by atomic mass is 32.1. The zero-order valence-corrected chi connectivity index (χ0v) is 19.6. The van der Waals surface area contributed by atoms with E-state index in [1.54, 1.807) is 0 Å². The Bertz CT molecular complexity index is 1200. The Hall–Kier alpha value is -3.11. The molecule has 7 heteroatoms. The van der Waals surface area contributed by atoms with Gasteiger partial charge in [-0.25, -0.2) is 4.98 Å². The highest BCUT2D eigenvalue weighted by Gasteiger charge is 2.29. The second-order valence-corrected chi connectivity index (χ2v) is 9.87. The van der Waals surface area contributed by atoms with Crippen molar-refractivity contribution in [1.82, 2.24) is 9.88 Å². The lowest BCUT2D eigenvalue weighted by atomic mass is 9.94. The molecule has 0 atom stereocenters. The summed E-state index contributed by atoms with van der Waals surface area (Å²) in [5.74, 6) is 0.465. The van der Waals surface area contributed by atoms with Crippen LogP contribution in [-0.2, 0) is 0 Å². The average Bonchev–Trinajstić information content (AvgIpc) is 3.13.